The van der Waals surface area contributed by atoms with Crippen molar-refractivity contribution >= 4 is 12.2 Å². The molecule has 1 aromatic heterocycles. The number of fused-ring (bicyclic) bond motifs is 3. The molecule has 2 amide bonds. The van der Waals surface area contributed by atoms with Crippen LogP contribution in [0, 0.1) is 12.7 Å². The predicted octanol–water partition coefficient (Wildman–Crippen LogP) is 5.19. The van der Waals surface area contributed by atoms with Crippen LogP contribution in [0.3, 0.4) is 0 Å². The number of piperidine rings is 1. The molecule has 2 fully saturated rings. The van der Waals surface area contributed by atoms with Crippen LogP contribution in [0.2, 0.25) is 0 Å². The van der Waals surface area contributed by atoms with Gasteiger partial charge in [-0.15, -0.1) is 0 Å². The number of aryl methyl sites for hydroxylation is 1. The van der Waals surface area contributed by atoms with Crippen LogP contribution in [0.5, 0.6) is 0 Å². The number of hydrogen-bond donors (Lipinski definition) is 2. The third-order valence-corrected chi connectivity index (χ3v) is 8.34. The van der Waals surface area contributed by atoms with E-state index in [0.717, 1.165) is 49.3 Å². The Hall–Kier alpha value is -3.14. The fraction of sp³-hybridized carbons (Fsp3) is 0.621. The van der Waals surface area contributed by atoms with Gasteiger partial charge in [0.2, 0.25) is 0 Å². The van der Waals surface area contributed by atoms with Gasteiger partial charge in [-0.05, 0) is 77.5 Å². The van der Waals surface area contributed by atoms with E-state index in [4.69, 9.17) is 9.72 Å². The maximum atomic E-state index is 14.1. The van der Waals surface area contributed by atoms with Gasteiger partial charge >= 0.3 is 12.2 Å². The number of benzene rings is 1. The van der Waals surface area contributed by atoms with Crippen LogP contribution >= 0.6 is 0 Å². The van der Waals surface area contributed by atoms with Gasteiger partial charge in [-0.25, -0.2) is 19.0 Å². The SMILES string of the molecule is Cc1nc2c(n1C1CC3CCC(C1)N3CC[C@H](NC(=O)OC(C)(C)C)c1cccc(F)c1)CCN(C(=O)O)C2. The van der Waals surface area contributed by atoms with Crippen molar-refractivity contribution in [2.24, 2.45) is 0 Å². The summed E-state index contributed by atoms with van der Waals surface area (Å²) in [6.45, 7) is 9.17. The molecule has 2 N–H and O–H groups in total. The lowest BCUT2D eigenvalue weighted by molar-refractivity contribution is 0.0488. The van der Waals surface area contributed by atoms with Crippen molar-refractivity contribution in [3.63, 3.8) is 0 Å². The van der Waals surface area contributed by atoms with E-state index in [1.165, 1.54) is 22.7 Å². The molecular formula is C29H40FN5O4. The van der Waals surface area contributed by atoms with Crippen molar-refractivity contribution in [1.82, 2.24) is 24.7 Å². The number of aromatic nitrogens is 2. The molecule has 39 heavy (non-hydrogen) atoms. The molecule has 9 nitrogen and oxygen atoms in total. The largest absolute Gasteiger partial charge is 0.465 e. The van der Waals surface area contributed by atoms with E-state index in [1.54, 1.807) is 6.07 Å². The van der Waals surface area contributed by atoms with E-state index in [0.29, 0.717) is 44.1 Å². The van der Waals surface area contributed by atoms with E-state index in [-0.39, 0.29) is 11.9 Å². The second kappa shape index (κ2) is 10.8. The lowest BCUT2D eigenvalue weighted by atomic mass is 9.95. The van der Waals surface area contributed by atoms with Crippen molar-refractivity contribution in [2.45, 2.75) is 103 Å². The molecule has 3 aliphatic rings. The maximum absolute atomic E-state index is 14.1. The number of alkyl carbamates (subject to hydrolysis) is 1. The van der Waals surface area contributed by atoms with E-state index >= 15 is 0 Å². The average molecular weight is 542 g/mol. The number of amides is 2. The number of nitrogens with one attached hydrogen (secondary N) is 1. The van der Waals surface area contributed by atoms with Gasteiger partial charge in [-0.2, -0.15) is 0 Å². The second-order valence-corrected chi connectivity index (χ2v) is 12.2. The van der Waals surface area contributed by atoms with Crippen LogP contribution in [0.4, 0.5) is 14.0 Å². The number of hydrogen-bond acceptors (Lipinski definition) is 5. The zero-order chi connectivity index (χ0) is 27.9. The molecule has 4 heterocycles. The zero-order valence-corrected chi connectivity index (χ0v) is 23.3. The molecule has 3 aliphatic heterocycles. The Kier molecular flexibility index (Phi) is 7.59. The molecule has 10 heteroatoms. The molecule has 2 bridgehead atoms. The molecule has 2 unspecified atom stereocenters. The molecule has 0 spiro atoms. The first-order chi connectivity index (χ1) is 18.5. The molecule has 2 saturated heterocycles. The topological polar surface area (TPSA) is 99.9 Å². The molecule has 0 saturated carbocycles. The molecule has 0 radical (unpaired) electrons. The monoisotopic (exact) mass is 541 g/mol. The number of carbonyl (C=O) groups excluding carboxylic acids is 1. The Morgan fingerprint density at radius 1 is 1.21 bits per heavy atom. The quantitative estimate of drug-likeness (QED) is 0.522. The summed E-state index contributed by atoms with van der Waals surface area (Å²) in [6, 6.07) is 7.28. The first kappa shape index (κ1) is 27.4. The number of halogens is 1. The van der Waals surface area contributed by atoms with Gasteiger partial charge in [0.1, 0.15) is 17.2 Å². The lowest BCUT2D eigenvalue weighted by Crippen LogP contribution is -2.45. The molecule has 5 rings (SSSR count). The van der Waals surface area contributed by atoms with Crippen molar-refractivity contribution in [3.8, 4) is 0 Å². The van der Waals surface area contributed by atoms with Gasteiger partial charge in [-0.3, -0.25) is 4.90 Å². The number of imidazole rings is 1. The summed E-state index contributed by atoms with van der Waals surface area (Å²) in [5, 5.41) is 12.4. The third-order valence-electron chi connectivity index (χ3n) is 8.34. The highest BCUT2D eigenvalue weighted by molar-refractivity contribution is 5.68. The maximum Gasteiger partial charge on any atom is 0.408 e. The average Bonchev–Trinajstić information content (AvgIpc) is 3.30. The van der Waals surface area contributed by atoms with Gasteiger partial charge in [0.25, 0.3) is 0 Å². The first-order valence-corrected chi connectivity index (χ1v) is 14.0. The van der Waals surface area contributed by atoms with Crippen molar-refractivity contribution in [3.05, 3.63) is 52.9 Å². The Morgan fingerprint density at radius 3 is 2.56 bits per heavy atom. The minimum Gasteiger partial charge on any atom is -0.465 e. The van der Waals surface area contributed by atoms with Crippen LogP contribution in [0.15, 0.2) is 24.3 Å². The normalized spacial score (nSPS) is 23.8. The molecule has 212 valence electrons. The number of ether oxygens (including phenoxy) is 1. The number of nitrogens with zero attached hydrogens (tertiary/aromatic N) is 4. The highest BCUT2D eigenvalue weighted by Crippen LogP contribution is 2.43. The first-order valence-electron chi connectivity index (χ1n) is 14.0. The molecular weight excluding hydrogens is 501 g/mol. The minimum atomic E-state index is -0.892. The Morgan fingerprint density at radius 2 is 1.92 bits per heavy atom. The van der Waals surface area contributed by atoms with E-state index in [2.05, 4.69) is 14.8 Å². The highest BCUT2D eigenvalue weighted by atomic mass is 19.1. The molecule has 3 atom stereocenters. The zero-order valence-electron chi connectivity index (χ0n) is 23.3. The number of carboxylic acid groups (broad SMARTS) is 1. The summed E-state index contributed by atoms with van der Waals surface area (Å²) < 4.78 is 21.9. The number of rotatable bonds is 6. The summed E-state index contributed by atoms with van der Waals surface area (Å²) in [5.74, 6) is 0.646. The van der Waals surface area contributed by atoms with Crippen LogP contribution in [-0.2, 0) is 17.7 Å². The summed E-state index contributed by atoms with van der Waals surface area (Å²) >= 11 is 0. The van der Waals surface area contributed by atoms with Gasteiger partial charge in [-0.1, -0.05) is 12.1 Å². The second-order valence-electron chi connectivity index (χ2n) is 12.2. The van der Waals surface area contributed by atoms with E-state index < -0.39 is 17.8 Å². The van der Waals surface area contributed by atoms with E-state index in [9.17, 15) is 19.1 Å². The molecule has 0 aliphatic carbocycles. The lowest BCUT2D eigenvalue weighted by Gasteiger charge is -2.41. The van der Waals surface area contributed by atoms with Crippen LogP contribution in [0.1, 0.15) is 87.7 Å². The Balaban J connectivity index is 1.27. The fourth-order valence-corrected chi connectivity index (χ4v) is 6.78. The Labute approximate surface area is 229 Å². The van der Waals surface area contributed by atoms with Crippen molar-refractivity contribution in [1.29, 1.82) is 0 Å². The summed E-state index contributed by atoms with van der Waals surface area (Å²) in [5.41, 5.74) is 2.20. The standard InChI is InChI=1S/C29H40FN5O4/c1-18-31-25-17-33(28(37)38)12-11-26(25)35(18)23-15-21-8-9-22(16-23)34(21)13-10-24(19-6-5-7-20(30)14-19)32-27(36)39-29(2,3)4/h5-7,14,21-24H,8-13,15-17H2,1-4H3,(H,32,36)(H,37,38)/t21?,22?,23?,24-/m0/s1. The van der Waals surface area contributed by atoms with Crippen LogP contribution in [0.25, 0.3) is 0 Å². The third kappa shape index (κ3) is 6.05. The minimum absolute atomic E-state index is 0.324. The van der Waals surface area contributed by atoms with Gasteiger partial charge < -0.3 is 24.6 Å². The van der Waals surface area contributed by atoms with Gasteiger partial charge in [0, 0.05) is 43.3 Å². The highest BCUT2D eigenvalue weighted by Gasteiger charge is 2.42. The summed E-state index contributed by atoms with van der Waals surface area (Å²) in [7, 11) is 0. The van der Waals surface area contributed by atoms with Crippen LogP contribution < -0.4 is 5.32 Å². The predicted molar refractivity (Wildman–Crippen MR) is 144 cm³/mol. The summed E-state index contributed by atoms with van der Waals surface area (Å²) in [4.78, 5) is 32.9. The van der Waals surface area contributed by atoms with E-state index in [1.807, 2.05) is 33.8 Å². The Bertz CT molecular complexity index is 1210. The fourth-order valence-electron chi connectivity index (χ4n) is 6.78. The smallest absolute Gasteiger partial charge is 0.408 e. The van der Waals surface area contributed by atoms with Gasteiger partial charge in [0.15, 0.2) is 0 Å². The number of carbonyl (C=O) groups is 2. The van der Waals surface area contributed by atoms with Crippen molar-refractivity contribution in [2.75, 3.05) is 13.1 Å². The van der Waals surface area contributed by atoms with Crippen LogP contribution in [-0.4, -0.2) is 67.4 Å². The van der Waals surface area contributed by atoms with Crippen molar-refractivity contribution < 1.29 is 23.8 Å². The summed E-state index contributed by atoms with van der Waals surface area (Å²) in [6.07, 6.45) is 4.27. The van der Waals surface area contributed by atoms with Gasteiger partial charge in [0.05, 0.1) is 18.3 Å². The molecule has 1 aromatic carbocycles. The molecule has 2 aromatic rings.